The van der Waals surface area contributed by atoms with Crippen LogP contribution in [0.3, 0.4) is 0 Å². The van der Waals surface area contributed by atoms with Crippen LogP contribution in [0.5, 0.6) is 5.75 Å². The van der Waals surface area contributed by atoms with E-state index in [4.69, 9.17) is 4.74 Å². The second-order valence-corrected chi connectivity index (χ2v) is 4.12. The summed E-state index contributed by atoms with van der Waals surface area (Å²) < 4.78 is 7.55. The maximum absolute atomic E-state index is 5.68. The molecule has 0 radical (unpaired) electrons. The zero-order valence-electron chi connectivity index (χ0n) is 10.1. The third-order valence-corrected chi connectivity index (χ3v) is 2.43. The summed E-state index contributed by atoms with van der Waals surface area (Å²) in [6.07, 6.45) is 3.62. The summed E-state index contributed by atoms with van der Waals surface area (Å²) in [5.41, 5.74) is 0. The van der Waals surface area contributed by atoms with Crippen LogP contribution in [0.25, 0.3) is 5.88 Å². The molecule has 0 N–H and O–H groups in total. The van der Waals surface area contributed by atoms with Crippen molar-refractivity contribution in [1.82, 2.24) is 9.55 Å². The van der Waals surface area contributed by atoms with Gasteiger partial charge in [-0.25, -0.2) is 4.98 Å². The van der Waals surface area contributed by atoms with Crippen LogP contribution in [0.1, 0.15) is 25.6 Å². The molecule has 3 nitrogen and oxygen atoms in total. The van der Waals surface area contributed by atoms with Crippen LogP contribution in [0.4, 0.5) is 0 Å². The highest BCUT2D eigenvalue weighted by atomic mass is 16.5. The van der Waals surface area contributed by atoms with Crippen molar-refractivity contribution >= 4 is 5.88 Å². The SMILES string of the molecule is C=C(Oc1ccccc1)n1ccnc1C(C)C. The van der Waals surface area contributed by atoms with Gasteiger partial charge in [0.2, 0.25) is 0 Å². The summed E-state index contributed by atoms with van der Waals surface area (Å²) in [4.78, 5) is 4.30. The van der Waals surface area contributed by atoms with E-state index in [1.807, 2.05) is 41.1 Å². The van der Waals surface area contributed by atoms with Crippen molar-refractivity contribution in [3.05, 3.63) is 55.1 Å². The molecular formula is C14H16N2O. The summed E-state index contributed by atoms with van der Waals surface area (Å²) in [5, 5.41) is 0. The smallest absolute Gasteiger partial charge is 0.198 e. The summed E-state index contributed by atoms with van der Waals surface area (Å²) in [6, 6.07) is 9.61. The maximum atomic E-state index is 5.68. The molecule has 88 valence electrons. The van der Waals surface area contributed by atoms with Crippen LogP contribution < -0.4 is 4.74 Å². The minimum atomic E-state index is 0.334. The molecule has 2 rings (SSSR count). The zero-order chi connectivity index (χ0) is 12.3. The number of rotatable bonds is 4. The number of benzene rings is 1. The molecule has 3 heteroatoms. The van der Waals surface area contributed by atoms with Crippen LogP contribution >= 0.6 is 0 Å². The van der Waals surface area contributed by atoms with E-state index >= 15 is 0 Å². The third-order valence-electron chi connectivity index (χ3n) is 2.43. The highest BCUT2D eigenvalue weighted by Crippen LogP contribution is 2.19. The molecule has 1 aromatic carbocycles. The van der Waals surface area contributed by atoms with Gasteiger partial charge < -0.3 is 4.74 Å². The molecule has 0 bridgehead atoms. The quantitative estimate of drug-likeness (QED) is 0.749. The molecule has 17 heavy (non-hydrogen) atoms. The molecule has 0 atom stereocenters. The van der Waals surface area contributed by atoms with Gasteiger partial charge in [0.15, 0.2) is 5.88 Å². The summed E-state index contributed by atoms with van der Waals surface area (Å²) in [5.74, 6) is 2.63. The summed E-state index contributed by atoms with van der Waals surface area (Å²) in [6.45, 7) is 8.12. The van der Waals surface area contributed by atoms with Crippen molar-refractivity contribution in [3.63, 3.8) is 0 Å². The Bertz CT molecular complexity index is 500. The monoisotopic (exact) mass is 228 g/mol. The molecule has 1 heterocycles. The molecule has 0 aliphatic heterocycles. The second kappa shape index (κ2) is 4.87. The van der Waals surface area contributed by atoms with E-state index in [2.05, 4.69) is 25.4 Å². The Labute approximate surface area is 101 Å². The number of nitrogens with zero attached hydrogens (tertiary/aromatic N) is 2. The maximum Gasteiger partial charge on any atom is 0.198 e. The molecule has 2 aromatic rings. The molecule has 0 fully saturated rings. The zero-order valence-corrected chi connectivity index (χ0v) is 10.1. The second-order valence-electron chi connectivity index (χ2n) is 4.12. The van der Waals surface area contributed by atoms with Gasteiger partial charge in [0.05, 0.1) is 0 Å². The van der Waals surface area contributed by atoms with Crippen LogP contribution in [-0.2, 0) is 0 Å². The Kier molecular flexibility index (Phi) is 3.28. The normalized spacial score (nSPS) is 10.5. The average Bonchev–Trinajstić information content (AvgIpc) is 2.79. The van der Waals surface area contributed by atoms with Gasteiger partial charge in [-0.1, -0.05) is 32.0 Å². The fourth-order valence-electron chi connectivity index (χ4n) is 1.63. The molecular weight excluding hydrogens is 212 g/mol. The van der Waals surface area contributed by atoms with Crippen LogP contribution in [-0.4, -0.2) is 9.55 Å². The third kappa shape index (κ3) is 2.56. The highest BCUT2D eigenvalue weighted by molar-refractivity contribution is 5.40. The van der Waals surface area contributed by atoms with Crippen LogP contribution in [0.15, 0.2) is 49.3 Å². The predicted octanol–water partition coefficient (Wildman–Crippen LogP) is 3.51. The number of imidazole rings is 1. The lowest BCUT2D eigenvalue weighted by Crippen LogP contribution is -2.07. The average molecular weight is 228 g/mol. The fourth-order valence-corrected chi connectivity index (χ4v) is 1.63. The molecule has 1 aromatic heterocycles. The lowest BCUT2D eigenvalue weighted by Gasteiger charge is -2.13. The molecule has 0 saturated carbocycles. The van der Waals surface area contributed by atoms with E-state index in [0.717, 1.165) is 11.6 Å². The Morgan fingerprint density at radius 1 is 1.29 bits per heavy atom. The topological polar surface area (TPSA) is 27.1 Å². The van der Waals surface area contributed by atoms with Gasteiger partial charge in [0.25, 0.3) is 0 Å². The Morgan fingerprint density at radius 2 is 2.00 bits per heavy atom. The molecule has 0 aliphatic rings. The van der Waals surface area contributed by atoms with Crippen LogP contribution in [0, 0.1) is 0 Å². The van der Waals surface area contributed by atoms with Gasteiger partial charge >= 0.3 is 0 Å². The molecule has 0 unspecified atom stereocenters. The van der Waals surface area contributed by atoms with E-state index in [0.29, 0.717) is 11.8 Å². The number of aromatic nitrogens is 2. The van der Waals surface area contributed by atoms with Gasteiger partial charge in [0, 0.05) is 18.3 Å². The van der Waals surface area contributed by atoms with Crippen molar-refractivity contribution < 1.29 is 4.74 Å². The first-order chi connectivity index (χ1) is 8.18. The Hall–Kier alpha value is -2.03. The van der Waals surface area contributed by atoms with Gasteiger partial charge in [-0.05, 0) is 18.7 Å². The minimum Gasteiger partial charge on any atom is -0.441 e. The van der Waals surface area contributed by atoms with E-state index < -0.39 is 0 Å². The Balaban J connectivity index is 2.18. The van der Waals surface area contributed by atoms with Crippen molar-refractivity contribution in [2.45, 2.75) is 19.8 Å². The van der Waals surface area contributed by atoms with Crippen molar-refractivity contribution in [1.29, 1.82) is 0 Å². The number of hydrogen-bond donors (Lipinski definition) is 0. The lowest BCUT2D eigenvalue weighted by molar-refractivity contribution is 0.474. The first-order valence-electron chi connectivity index (χ1n) is 5.64. The Morgan fingerprint density at radius 3 is 2.65 bits per heavy atom. The number of hydrogen-bond acceptors (Lipinski definition) is 2. The standard InChI is InChI=1S/C14H16N2O/c1-11(2)14-15-9-10-16(14)12(3)17-13-7-5-4-6-8-13/h4-11H,3H2,1-2H3. The van der Waals surface area contributed by atoms with Crippen molar-refractivity contribution in [2.75, 3.05) is 0 Å². The van der Waals surface area contributed by atoms with Gasteiger partial charge in [0.1, 0.15) is 11.6 Å². The van der Waals surface area contributed by atoms with E-state index in [9.17, 15) is 0 Å². The van der Waals surface area contributed by atoms with Crippen LogP contribution in [0.2, 0.25) is 0 Å². The van der Waals surface area contributed by atoms with Gasteiger partial charge in [-0.15, -0.1) is 0 Å². The van der Waals surface area contributed by atoms with Gasteiger partial charge in [-0.2, -0.15) is 0 Å². The van der Waals surface area contributed by atoms with Crippen molar-refractivity contribution in [3.8, 4) is 5.75 Å². The summed E-state index contributed by atoms with van der Waals surface area (Å²) >= 11 is 0. The van der Waals surface area contributed by atoms with E-state index in [1.54, 1.807) is 6.20 Å². The number of ether oxygens (including phenoxy) is 1. The summed E-state index contributed by atoms with van der Waals surface area (Å²) in [7, 11) is 0. The molecule has 0 amide bonds. The number of para-hydroxylation sites is 1. The van der Waals surface area contributed by atoms with E-state index in [1.165, 1.54) is 0 Å². The first kappa shape index (κ1) is 11.5. The first-order valence-corrected chi connectivity index (χ1v) is 5.64. The van der Waals surface area contributed by atoms with E-state index in [-0.39, 0.29) is 0 Å². The fraction of sp³-hybridized carbons (Fsp3) is 0.214. The lowest BCUT2D eigenvalue weighted by atomic mass is 10.2. The highest BCUT2D eigenvalue weighted by Gasteiger charge is 2.10. The largest absolute Gasteiger partial charge is 0.441 e. The minimum absolute atomic E-state index is 0.334. The molecule has 0 saturated heterocycles. The van der Waals surface area contributed by atoms with Gasteiger partial charge in [-0.3, -0.25) is 4.57 Å². The predicted molar refractivity (Wildman–Crippen MR) is 68.7 cm³/mol. The van der Waals surface area contributed by atoms with Crippen molar-refractivity contribution in [2.24, 2.45) is 0 Å². The molecule has 0 aliphatic carbocycles. The molecule has 0 spiro atoms.